The van der Waals surface area contributed by atoms with Crippen LogP contribution >= 0.6 is 0 Å². The monoisotopic (exact) mass is 586 g/mol. The second kappa shape index (κ2) is 13.8. The lowest BCUT2D eigenvalue weighted by Crippen LogP contribution is -2.54. The molecule has 218 valence electrons. The van der Waals surface area contributed by atoms with Crippen LogP contribution in [0.1, 0.15) is 22.7 Å². The number of carbonyl (C=O) groups is 2. The van der Waals surface area contributed by atoms with Crippen LogP contribution in [0.5, 0.6) is 5.75 Å². The Bertz CT molecular complexity index is 1530. The number of nitrogens with zero attached hydrogens (tertiary/aromatic N) is 2. The van der Waals surface area contributed by atoms with Crippen molar-refractivity contribution in [1.29, 1.82) is 0 Å². The van der Waals surface area contributed by atoms with Crippen molar-refractivity contribution < 1.29 is 22.7 Å². The lowest BCUT2D eigenvalue weighted by Gasteiger charge is -2.29. The maximum atomic E-state index is 13.6. The summed E-state index contributed by atoms with van der Waals surface area (Å²) in [6.07, 6.45) is 0.153. The van der Waals surface area contributed by atoms with Gasteiger partial charge < -0.3 is 15.0 Å². The standard InChI is InChI=1S/C32H34N4O5S/c1-35(27-19-21-28(41-3)22-20-27)31(37)29(23-24-13-7-4-8-14-24)33-32(38)34-42(39,40)36(2)30(25-15-9-5-10-16-25)26-17-11-6-12-18-26/h4-22,29-30H,23H2,1-3H3,(H2,33,34,38)/t29-/m0/s1. The maximum absolute atomic E-state index is 13.6. The quantitative estimate of drug-likeness (QED) is 0.269. The Morgan fingerprint density at radius 3 is 1.76 bits per heavy atom. The van der Waals surface area contributed by atoms with Gasteiger partial charge in [-0.3, -0.25) is 4.79 Å². The fourth-order valence-corrected chi connectivity index (χ4v) is 5.57. The van der Waals surface area contributed by atoms with E-state index in [0.29, 0.717) is 11.4 Å². The molecule has 0 aromatic heterocycles. The second-order valence-corrected chi connectivity index (χ2v) is 11.4. The first-order valence-corrected chi connectivity index (χ1v) is 14.8. The van der Waals surface area contributed by atoms with E-state index < -0.39 is 34.2 Å². The van der Waals surface area contributed by atoms with E-state index in [1.807, 2.05) is 91.0 Å². The van der Waals surface area contributed by atoms with Gasteiger partial charge in [0.25, 0.3) is 0 Å². The molecule has 0 aliphatic carbocycles. The van der Waals surface area contributed by atoms with E-state index in [1.54, 1.807) is 38.4 Å². The van der Waals surface area contributed by atoms with Crippen molar-refractivity contribution in [3.63, 3.8) is 0 Å². The fourth-order valence-electron chi connectivity index (χ4n) is 4.62. The van der Waals surface area contributed by atoms with E-state index in [0.717, 1.165) is 21.0 Å². The Kier molecular flexibility index (Phi) is 9.95. The topological polar surface area (TPSA) is 108 Å². The van der Waals surface area contributed by atoms with Crippen molar-refractivity contribution in [3.8, 4) is 5.75 Å². The summed E-state index contributed by atoms with van der Waals surface area (Å²) in [5.41, 5.74) is 2.85. The van der Waals surface area contributed by atoms with E-state index in [2.05, 4.69) is 10.0 Å². The van der Waals surface area contributed by atoms with Crippen molar-refractivity contribution in [3.05, 3.63) is 132 Å². The average molecular weight is 587 g/mol. The predicted octanol–water partition coefficient (Wildman–Crippen LogP) is 4.53. The average Bonchev–Trinajstić information content (AvgIpc) is 3.01. The molecule has 4 aromatic rings. The SMILES string of the molecule is COc1ccc(N(C)C(=O)[C@H](Cc2ccccc2)NC(=O)NS(=O)(=O)N(C)C(c2ccccc2)c2ccccc2)cc1. The lowest BCUT2D eigenvalue weighted by molar-refractivity contribution is -0.120. The van der Waals surface area contributed by atoms with E-state index in [9.17, 15) is 18.0 Å². The fraction of sp³-hybridized carbons (Fsp3) is 0.188. The zero-order valence-corrected chi connectivity index (χ0v) is 24.5. The molecule has 2 N–H and O–H groups in total. The van der Waals surface area contributed by atoms with Gasteiger partial charge in [0.2, 0.25) is 5.91 Å². The van der Waals surface area contributed by atoms with Gasteiger partial charge in [-0.05, 0) is 41.0 Å². The van der Waals surface area contributed by atoms with Crippen LogP contribution in [0.4, 0.5) is 10.5 Å². The highest BCUT2D eigenvalue weighted by Gasteiger charge is 2.32. The van der Waals surface area contributed by atoms with Crippen molar-refractivity contribution in [1.82, 2.24) is 14.3 Å². The molecule has 1 atom stereocenters. The summed E-state index contributed by atoms with van der Waals surface area (Å²) in [7, 11) is 0.205. The van der Waals surface area contributed by atoms with Crippen LogP contribution in [0.15, 0.2) is 115 Å². The van der Waals surface area contributed by atoms with Gasteiger partial charge in [0.1, 0.15) is 11.8 Å². The number of anilines is 1. The van der Waals surface area contributed by atoms with Crippen molar-refractivity contribution in [2.24, 2.45) is 0 Å². The molecule has 0 saturated heterocycles. The minimum absolute atomic E-state index is 0.153. The zero-order valence-electron chi connectivity index (χ0n) is 23.7. The highest BCUT2D eigenvalue weighted by atomic mass is 32.2. The number of ether oxygens (including phenoxy) is 1. The third kappa shape index (κ3) is 7.54. The van der Waals surface area contributed by atoms with E-state index >= 15 is 0 Å². The lowest BCUT2D eigenvalue weighted by atomic mass is 9.99. The van der Waals surface area contributed by atoms with Crippen LogP contribution < -0.4 is 19.7 Å². The van der Waals surface area contributed by atoms with Crippen LogP contribution in [0.3, 0.4) is 0 Å². The summed E-state index contributed by atoms with van der Waals surface area (Å²) in [5, 5.41) is 2.60. The van der Waals surface area contributed by atoms with Crippen LogP contribution in [0.2, 0.25) is 0 Å². The largest absolute Gasteiger partial charge is 0.497 e. The van der Waals surface area contributed by atoms with E-state index in [1.165, 1.54) is 11.9 Å². The van der Waals surface area contributed by atoms with Gasteiger partial charge in [0, 0.05) is 26.2 Å². The molecular formula is C32H34N4O5S. The van der Waals surface area contributed by atoms with Gasteiger partial charge in [-0.1, -0.05) is 91.0 Å². The smallest absolute Gasteiger partial charge is 0.330 e. The van der Waals surface area contributed by atoms with Crippen LogP contribution in [-0.2, 0) is 21.4 Å². The number of rotatable bonds is 11. The van der Waals surface area contributed by atoms with E-state index in [4.69, 9.17) is 4.74 Å². The first-order valence-electron chi connectivity index (χ1n) is 13.3. The minimum Gasteiger partial charge on any atom is -0.497 e. The first kappa shape index (κ1) is 30.3. The normalized spacial score (nSPS) is 12.0. The highest BCUT2D eigenvalue weighted by Crippen LogP contribution is 2.29. The molecular weight excluding hydrogens is 552 g/mol. The summed E-state index contributed by atoms with van der Waals surface area (Å²) < 4.78 is 35.4. The summed E-state index contributed by atoms with van der Waals surface area (Å²) in [5.74, 6) is 0.216. The van der Waals surface area contributed by atoms with Gasteiger partial charge in [-0.15, -0.1) is 0 Å². The Balaban J connectivity index is 1.56. The molecule has 0 aliphatic rings. The molecule has 0 bridgehead atoms. The third-order valence-electron chi connectivity index (χ3n) is 6.87. The molecule has 0 radical (unpaired) electrons. The molecule has 0 fully saturated rings. The number of carbonyl (C=O) groups excluding carboxylic acids is 2. The summed E-state index contributed by atoms with van der Waals surface area (Å²) in [6.45, 7) is 0. The molecule has 10 heteroatoms. The van der Waals surface area contributed by atoms with Crippen molar-refractivity contribution in [2.45, 2.75) is 18.5 Å². The molecule has 9 nitrogen and oxygen atoms in total. The molecule has 4 aromatic carbocycles. The summed E-state index contributed by atoms with van der Waals surface area (Å²) in [4.78, 5) is 28.2. The second-order valence-electron chi connectivity index (χ2n) is 9.66. The number of benzene rings is 4. The molecule has 3 amide bonds. The Labute approximate surface area is 246 Å². The van der Waals surface area contributed by atoms with Gasteiger partial charge >= 0.3 is 16.2 Å². The third-order valence-corrected chi connectivity index (χ3v) is 8.28. The predicted molar refractivity (Wildman–Crippen MR) is 163 cm³/mol. The number of amides is 3. The van der Waals surface area contributed by atoms with Gasteiger partial charge in [0.15, 0.2) is 0 Å². The van der Waals surface area contributed by atoms with Crippen LogP contribution in [0, 0.1) is 0 Å². The number of urea groups is 1. The van der Waals surface area contributed by atoms with E-state index in [-0.39, 0.29) is 6.42 Å². The number of methoxy groups -OCH3 is 1. The number of likely N-dealkylation sites (N-methyl/N-ethyl adjacent to an activating group) is 1. The molecule has 4 rings (SSSR count). The van der Waals surface area contributed by atoms with Crippen molar-refractivity contribution in [2.75, 3.05) is 26.1 Å². The van der Waals surface area contributed by atoms with Gasteiger partial charge in [0.05, 0.1) is 13.2 Å². The summed E-state index contributed by atoms with van der Waals surface area (Å²) >= 11 is 0. The number of hydrogen-bond donors (Lipinski definition) is 2. The Morgan fingerprint density at radius 1 is 0.762 bits per heavy atom. The maximum Gasteiger partial charge on any atom is 0.330 e. The molecule has 0 heterocycles. The molecule has 42 heavy (non-hydrogen) atoms. The molecule has 0 aliphatic heterocycles. The molecule has 0 spiro atoms. The van der Waals surface area contributed by atoms with Gasteiger partial charge in [-0.2, -0.15) is 12.7 Å². The van der Waals surface area contributed by atoms with Crippen molar-refractivity contribution >= 4 is 27.8 Å². The summed E-state index contributed by atoms with van der Waals surface area (Å²) in [6, 6.07) is 31.6. The van der Waals surface area contributed by atoms with Crippen LogP contribution in [-0.4, -0.2) is 51.9 Å². The Hall–Kier alpha value is -4.67. The minimum atomic E-state index is -4.35. The number of hydrogen-bond acceptors (Lipinski definition) is 5. The first-order chi connectivity index (χ1) is 20.2. The Morgan fingerprint density at radius 2 is 1.26 bits per heavy atom. The zero-order chi connectivity index (χ0) is 30.1. The van der Waals surface area contributed by atoms with Gasteiger partial charge in [-0.25, -0.2) is 9.52 Å². The molecule has 0 saturated carbocycles. The van der Waals surface area contributed by atoms with Crippen LogP contribution in [0.25, 0.3) is 0 Å². The number of nitrogens with one attached hydrogen (secondary N) is 2. The highest BCUT2D eigenvalue weighted by molar-refractivity contribution is 7.87. The molecule has 0 unspecified atom stereocenters.